The number of carbonyl (C=O) groups excluding carboxylic acids is 3. The molecule has 1 N–H and O–H groups in total. The molecule has 3 atom stereocenters. The maximum atomic E-state index is 13.5. The van der Waals surface area contributed by atoms with E-state index in [4.69, 9.17) is 0 Å². The van der Waals surface area contributed by atoms with Crippen LogP contribution in [0.25, 0.3) is 10.8 Å². The highest BCUT2D eigenvalue weighted by molar-refractivity contribution is 6.25. The highest BCUT2D eigenvalue weighted by atomic mass is 19.1. The maximum absolute atomic E-state index is 13.5. The van der Waals surface area contributed by atoms with Crippen LogP contribution < -0.4 is 10.2 Å². The van der Waals surface area contributed by atoms with E-state index in [9.17, 15) is 24.0 Å². The number of hydrogen-bond donors (Lipinski definition) is 1. The normalized spacial score (nSPS) is 22.9. The molecule has 2 bridgehead atoms. The van der Waals surface area contributed by atoms with Crippen molar-refractivity contribution in [3.05, 3.63) is 72.0 Å². The van der Waals surface area contributed by atoms with E-state index in [2.05, 4.69) is 11.4 Å². The molecule has 8 nitrogen and oxygen atoms in total. The highest BCUT2D eigenvalue weighted by Crippen LogP contribution is 2.43. The summed E-state index contributed by atoms with van der Waals surface area (Å²) in [5.74, 6) is -0.786. The summed E-state index contributed by atoms with van der Waals surface area (Å²) in [5, 5.41) is 13.5. The lowest BCUT2D eigenvalue weighted by molar-refractivity contribution is -0.120. The number of likely N-dealkylation sites (tertiary alicyclic amines) is 1. The molecule has 3 saturated heterocycles. The van der Waals surface area contributed by atoms with Crippen molar-refractivity contribution < 1.29 is 18.8 Å². The monoisotopic (exact) mass is 455 g/mol. The second kappa shape index (κ2) is 7.28. The Kier molecular flexibility index (Phi) is 4.32. The molecule has 5 amide bonds. The third kappa shape index (κ3) is 2.78. The number of imide groups is 1. The number of halogens is 1. The third-order valence-electron chi connectivity index (χ3n) is 6.88. The Morgan fingerprint density at radius 1 is 1.03 bits per heavy atom. The third-order valence-corrected chi connectivity index (χ3v) is 6.88. The van der Waals surface area contributed by atoms with Crippen LogP contribution in [0.4, 0.5) is 25.4 Å². The number of nitrogens with zero attached hydrogens (tertiary/aromatic N) is 4. The van der Waals surface area contributed by atoms with Crippen LogP contribution in [-0.2, 0) is 4.79 Å². The van der Waals surface area contributed by atoms with Gasteiger partial charge in [0.25, 0.3) is 5.91 Å². The molecule has 0 unspecified atom stereocenters. The Balaban J connectivity index is 1.31. The quantitative estimate of drug-likeness (QED) is 0.597. The summed E-state index contributed by atoms with van der Waals surface area (Å²) in [6.07, 6.45) is 0.529. The van der Waals surface area contributed by atoms with Crippen LogP contribution in [-0.4, -0.2) is 52.4 Å². The maximum Gasteiger partial charge on any atom is 0.332 e. The molecule has 0 radical (unpaired) electrons. The summed E-state index contributed by atoms with van der Waals surface area (Å²) in [6.45, 7) is 0.315. The van der Waals surface area contributed by atoms with Gasteiger partial charge in [-0.25, -0.2) is 18.9 Å². The molecule has 168 valence electrons. The van der Waals surface area contributed by atoms with Crippen LogP contribution in [0.5, 0.6) is 0 Å². The zero-order valence-corrected chi connectivity index (χ0v) is 17.8. The van der Waals surface area contributed by atoms with Gasteiger partial charge in [-0.2, -0.15) is 5.26 Å². The summed E-state index contributed by atoms with van der Waals surface area (Å²) in [4.78, 5) is 44.2. The molecule has 0 saturated carbocycles. The Hall–Kier alpha value is -4.45. The topological polar surface area (TPSA) is 96.8 Å². The lowest BCUT2D eigenvalue weighted by Crippen LogP contribution is -2.55. The number of nitrogens with one attached hydrogen (secondary N) is 1. The smallest absolute Gasteiger partial charge is 0.317 e. The molecular formula is C25H18FN5O3. The van der Waals surface area contributed by atoms with Gasteiger partial charge in [0.2, 0.25) is 0 Å². The van der Waals surface area contributed by atoms with E-state index < -0.39 is 23.9 Å². The molecule has 3 fully saturated rings. The molecule has 9 heteroatoms. The van der Waals surface area contributed by atoms with E-state index in [0.717, 1.165) is 0 Å². The van der Waals surface area contributed by atoms with Gasteiger partial charge in [-0.15, -0.1) is 0 Å². The van der Waals surface area contributed by atoms with Crippen molar-refractivity contribution in [1.82, 2.24) is 9.80 Å². The molecule has 3 aromatic rings. The lowest BCUT2D eigenvalue weighted by atomic mass is 10.0. The summed E-state index contributed by atoms with van der Waals surface area (Å²) in [7, 11) is 0. The van der Waals surface area contributed by atoms with Gasteiger partial charge in [0.1, 0.15) is 11.9 Å². The van der Waals surface area contributed by atoms with Crippen molar-refractivity contribution in [2.75, 3.05) is 16.8 Å². The van der Waals surface area contributed by atoms with Crippen LogP contribution in [0.2, 0.25) is 0 Å². The Labute approximate surface area is 193 Å². The van der Waals surface area contributed by atoms with E-state index in [1.807, 2.05) is 0 Å². The zero-order valence-electron chi connectivity index (χ0n) is 17.8. The predicted molar refractivity (Wildman–Crippen MR) is 121 cm³/mol. The summed E-state index contributed by atoms with van der Waals surface area (Å²) >= 11 is 0. The average Bonchev–Trinajstić information content (AvgIpc) is 3.51. The van der Waals surface area contributed by atoms with Crippen molar-refractivity contribution in [1.29, 1.82) is 5.26 Å². The van der Waals surface area contributed by atoms with Crippen molar-refractivity contribution in [3.8, 4) is 6.07 Å². The van der Waals surface area contributed by atoms with Gasteiger partial charge in [0.15, 0.2) is 0 Å². The number of nitriles is 1. The Morgan fingerprint density at radius 2 is 1.76 bits per heavy atom. The standard InChI is InChI=1S/C25H18FN5O3/c26-15-6-8-16(9-7-15)28-24(33)29-13-17-11-21(29)22-23(32)31(25(34)30(17)22)20-10-5-14(12-27)18-3-1-2-4-19(18)20/h1-10,17,21-22H,11,13H2,(H,28,33)/t17-,21-,22+/m0/s1. The molecule has 0 spiro atoms. The van der Waals surface area contributed by atoms with Gasteiger partial charge < -0.3 is 15.1 Å². The van der Waals surface area contributed by atoms with Crippen molar-refractivity contribution in [2.24, 2.45) is 0 Å². The van der Waals surface area contributed by atoms with Gasteiger partial charge in [0.05, 0.1) is 29.4 Å². The Morgan fingerprint density at radius 3 is 2.50 bits per heavy atom. The van der Waals surface area contributed by atoms with Gasteiger partial charge >= 0.3 is 12.1 Å². The van der Waals surface area contributed by atoms with Crippen LogP contribution in [0.1, 0.15) is 12.0 Å². The fourth-order valence-electron chi connectivity index (χ4n) is 5.42. The number of piperazine rings is 1. The molecular weight excluding hydrogens is 437 g/mol. The minimum atomic E-state index is -0.764. The molecule has 3 aliphatic rings. The number of amides is 5. The average molecular weight is 455 g/mol. The van der Waals surface area contributed by atoms with Gasteiger partial charge in [-0.05, 0) is 42.8 Å². The number of benzene rings is 3. The number of rotatable bonds is 2. The first-order valence-corrected chi connectivity index (χ1v) is 10.9. The first kappa shape index (κ1) is 20.2. The van der Waals surface area contributed by atoms with E-state index in [0.29, 0.717) is 40.7 Å². The van der Waals surface area contributed by atoms with E-state index in [1.54, 1.807) is 46.2 Å². The molecule has 6 rings (SSSR count). The van der Waals surface area contributed by atoms with E-state index >= 15 is 0 Å². The van der Waals surface area contributed by atoms with E-state index in [1.165, 1.54) is 29.2 Å². The molecule has 0 aliphatic carbocycles. The zero-order chi connectivity index (χ0) is 23.6. The van der Waals surface area contributed by atoms with Gasteiger partial charge in [-0.3, -0.25) is 4.79 Å². The molecule has 3 aliphatic heterocycles. The second-order valence-corrected chi connectivity index (χ2v) is 8.64. The van der Waals surface area contributed by atoms with Crippen LogP contribution in [0.15, 0.2) is 60.7 Å². The molecule has 34 heavy (non-hydrogen) atoms. The molecule has 0 aromatic heterocycles. The van der Waals surface area contributed by atoms with Gasteiger partial charge in [-0.1, -0.05) is 24.3 Å². The fraction of sp³-hybridized carbons (Fsp3) is 0.200. The minimum Gasteiger partial charge on any atom is -0.317 e. The number of urea groups is 2. The largest absolute Gasteiger partial charge is 0.332 e. The van der Waals surface area contributed by atoms with Gasteiger partial charge in [0, 0.05) is 23.0 Å². The number of fused-ring (bicyclic) bond motifs is 6. The van der Waals surface area contributed by atoms with Crippen molar-refractivity contribution >= 4 is 40.1 Å². The predicted octanol–water partition coefficient (Wildman–Crippen LogP) is 3.68. The molecule has 3 aromatic carbocycles. The lowest BCUT2D eigenvalue weighted by Gasteiger charge is -2.34. The summed E-state index contributed by atoms with van der Waals surface area (Å²) < 4.78 is 13.2. The first-order chi connectivity index (χ1) is 16.5. The molecule has 3 heterocycles. The van der Waals surface area contributed by atoms with E-state index in [-0.39, 0.29) is 18.0 Å². The van der Waals surface area contributed by atoms with Crippen molar-refractivity contribution in [2.45, 2.75) is 24.5 Å². The summed E-state index contributed by atoms with van der Waals surface area (Å²) in [5.41, 5.74) is 1.34. The van der Waals surface area contributed by atoms with Crippen LogP contribution >= 0.6 is 0 Å². The summed E-state index contributed by atoms with van der Waals surface area (Å²) in [6, 6.07) is 15.7. The number of anilines is 2. The van der Waals surface area contributed by atoms with Crippen LogP contribution in [0.3, 0.4) is 0 Å². The number of carbonyl (C=O) groups is 3. The first-order valence-electron chi connectivity index (χ1n) is 10.9. The van der Waals surface area contributed by atoms with Crippen LogP contribution in [0, 0.1) is 17.1 Å². The Bertz CT molecular complexity index is 1420. The highest BCUT2D eigenvalue weighted by Gasteiger charge is 2.63. The fourth-order valence-corrected chi connectivity index (χ4v) is 5.42. The minimum absolute atomic E-state index is 0.264. The van der Waals surface area contributed by atoms with Crippen molar-refractivity contribution in [3.63, 3.8) is 0 Å². The number of hydrogen-bond acceptors (Lipinski definition) is 4. The SMILES string of the molecule is N#Cc1ccc(N2C(=O)[C@H]3[C@@H]4C[C@@H](CN4C(=O)Nc4ccc(F)cc4)N3C2=O)c2ccccc12. The second-order valence-electron chi connectivity index (χ2n) is 8.64.